The van der Waals surface area contributed by atoms with Crippen molar-refractivity contribution in [3.63, 3.8) is 0 Å². The van der Waals surface area contributed by atoms with Crippen LogP contribution in [0.25, 0.3) is 0 Å². The van der Waals surface area contributed by atoms with Crippen LogP contribution in [-0.2, 0) is 0 Å². The van der Waals surface area contributed by atoms with Crippen molar-refractivity contribution in [1.29, 1.82) is 0 Å². The maximum atomic E-state index is 9.54. The van der Waals surface area contributed by atoms with Crippen molar-refractivity contribution < 1.29 is 5.11 Å². The summed E-state index contributed by atoms with van der Waals surface area (Å²) in [6, 6.07) is 8.35. The van der Waals surface area contributed by atoms with Crippen LogP contribution >= 0.6 is 0 Å². The maximum absolute atomic E-state index is 9.54. The van der Waals surface area contributed by atoms with Gasteiger partial charge in [-0.15, -0.1) is 0 Å². The van der Waals surface area contributed by atoms with Crippen LogP contribution < -0.4 is 4.90 Å². The molecule has 2 rings (SSSR count). The average molecular weight is 261 g/mol. The second kappa shape index (κ2) is 5.54. The van der Waals surface area contributed by atoms with Crippen molar-refractivity contribution in [1.82, 2.24) is 0 Å². The SMILES string of the molecule is C[C@H](O)c1ccc(N2CCC(C(C)(C)C)CC2)cc1. The number of hydrogen-bond acceptors (Lipinski definition) is 2. The summed E-state index contributed by atoms with van der Waals surface area (Å²) in [5, 5.41) is 9.54. The van der Waals surface area contributed by atoms with Crippen LogP contribution in [0.2, 0.25) is 0 Å². The fourth-order valence-electron chi connectivity index (χ4n) is 2.97. The van der Waals surface area contributed by atoms with Crippen LogP contribution in [0.3, 0.4) is 0 Å². The number of anilines is 1. The van der Waals surface area contributed by atoms with E-state index in [2.05, 4.69) is 37.8 Å². The van der Waals surface area contributed by atoms with E-state index in [4.69, 9.17) is 0 Å². The molecule has 0 aromatic heterocycles. The summed E-state index contributed by atoms with van der Waals surface area (Å²) in [5.41, 5.74) is 2.72. The molecule has 1 saturated heterocycles. The summed E-state index contributed by atoms with van der Waals surface area (Å²) in [6.45, 7) is 11.2. The average Bonchev–Trinajstić information content (AvgIpc) is 2.38. The summed E-state index contributed by atoms with van der Waals surface area (Å²) in [7, 11) is 0. The number of aliphatic hydroxyl groups excluding tert-OH is 1. The number of aliphatic hydroxyl groups is 1. The first-order valence-corrected chi connectivity index (χ1v) is 7.41. The first-order valence-electron chi connectivity index (χ1n) is 7.41. The van der Waals surface area contributed by atoms with E-state index < -0.39 is 0 Å². The molecular formula is C17H27NO. The Hall–Kier alpha value is -1.02. The molecule has 0 amide bonds. The van der Waals surface area contributed by atoms with E-state index in [9.17, 15) is 5.11 Å². The molecule has 1 aromatic rings. The third kappa shape index (κ3) is 3.50. The molecule has 1 aromatic carbocycles. The molecule has 1 aliphatic rings. The van der Waals surface area contributed by atoms with Gasteiger partial charge in [-0.05, 0) is 48.8 Å². The molecule has 0 saturated carbocycles. The minimum Gasteiger partial charge on any atom is -0.389 e. The topological polar surface area (TPSA) is 23.5 Å². The summed E-state index contributed by atoms with van der Waals surface area (Å²) < 4.78 is 0. The third-order valence-corrected chi connectivity index (χ3v) is 4.46. The van der Waals surface area contributed by atoms with Gasteiger partial charge < -0.3 is 10.0 Å². The van der Waals surface area contributed by atoms with E-state index in [0.29, 0.717) is 5.41 Å². The van der Waals surface area contributed by atoms with E-state index in [0.717, 1.165) is 24.6 Å². The zero-order valence-corrected chi connectivity index (χ0v) is 12.7. The van der Waals surface area contributed by atoms with Crippen molar-refractivity contribution in [3.8, 4) is 0 Å². The highest BCUT2D eigenvalue weighted by atomic mass is 16.3. The number of hydrogen-bond donors (Lipinski definition) is 1. The molecule has 0 bridgehead atoms. The first-order chi connectivity index (χ1) is 8.88. The molecule has 19 heavy (non-hydrogen) atoms. The van der Waals surface area contributed by atoms with Crippen molar-refractivity contribution in [2.24, 2.45) is 11.3 Å². The molecular weight excluding hydrogens is 234 g/mol. The molecule has 0 radical (unpaired) electrons. The molecule has 1 heterocycles. The Balaban J connectivity index is 1.98. The van der Waals surface area contributed by atoms with Gasteiger partial charge >= 0.3 is 0 Å². The molecule has 0 unspecified atom stereocenters. The van der Waals surface area contributed by atoms with E-state index in [1.807, 2.05) is 19.1 Å². The smallest absolute Gasteiger partial charge is 0.0761 e. The van der Waals surface area contributed by atoms with Crippen LogP contribution in [0.4, 0.5) is 5.69 Å². The Kier molecular flexibility index (Phi) is 4.19. The van der Waals surface area contributed by atoms with Crippen LogP contribution in [-0.4, -0.2) is 18.2 Å². The monoisotopic (exact) mass is 261 g/mol. The molecule has 0 aliphatic carbocycles. The van der Waals surface area contributed by atoms with Gasteiger partial charge in [0.2, 0.25) is 0 Å². The Labute approximate surface area is 117 Å². The summed E-state index contributed by atoms with van der Waals surface area (Å²) in [5.74, 6) is 0.834. The quantitative estimate of drug-likeness (QED) is 0.869. The number of rotatable bonds is 2. The largest absolute Gasteiger partial charge is 0.389 e. The van der Waals surface area contributed by atoms with E-state index in [-0.39, 0.29) is 6.10 Å². The van der Waals surface area contributed by atoms with Crippen LogP contribution in [0.1, 0.15) is 52.2 Å². The van der Waals surface area contributed by atoms with Gasteiger partial charge in [0, 0.05) is 18.8 Å². The van der Waals surface area contributed by atoms with Crippen LogP contribution in [0.15, 0.2) is 24.3 Å². The molecule has 1 atom stereocenters. The highest BCUT2D eigenvalue weighted by molar-refractivity contribution is 5.48. The van der Waals surface area contributed by atoms with Gasteiger partial charge in [0.25, 0.3) is 0 Å². The van der Waals surface area contributed by atoms with Gasteiger partial charge in [-0.1, -0.05) is 32.9 Å². The van der Waals surface area contributed by atoms with Crippen LogP contribution in [0.5, 0.6) is 0 Å². The normalized spacial score (nSPS) is 19.5. The fourth-order valence-corrected chi connectivity index (χ4v) is 2.97. The van der Waals surface area contributed by atoms with Gasteiger partial charge in [-0.3, -0.25) is 0 Å². The summed E-state index contributed by atoms with van der Waals surface area (Å²) in [4.78, 5) is 2.47. The Morgan fingerprint density at radius 1 is 1.11 bits per heavy atom. The zero-order valence-electron chi connectivity index (χ0n) is 12.7. The van der Waals surface area contributed by atoms with E-state index >= 15 is 0 Å². The highest BCUT2D eigenvalue weighted by Crippen LogP contribution is 2.35. The summed E-state index contributed by atoms with van der Waals surface area (Å²) in [6.07, 6.45) is 2.18. The van der Waals surface area contributed by atoms with Gasteiger partial charge in [-0.25, -0.2) is 0 Å². The van der Waals surface area contributed by atoms with Gasteiger partial charge in [0.05, 0.1) is 6.10 Å². The van der Waals surface area contributed by atoms with Crippen molar-refractivity contribution in [3.05, 3.63) is 29.8 Å². The van der Waals surface area contributed by atoms with Crippen molar-refractivity contribution in [2.75, 3.05) is 18.0 Å². The minimum atomic E-state index is -0.374. The molecule has 1 N–H and O–H groups in total. The Bertz CT molecular complexity index is 394. The number of benzene rings is 1. The second-order valence-corrected chi connectivity index (χ2v) is 6.89. The molecule has 106 valence electrons. The predicted octanol–water partition coefficient (Wildman–Crippen LogP) is 4.00. The maximum Gasteiger partial charge on any atom is 0.0761 e. The van der Waals surface area contributed by atoms with Crippen molar-refractivity contribution >= 4 is 5.69 Å². The van der Waals surface area contributed by atoms with Gasteiger partial charge in [0.1, 0.15) is 0 Å². The lowest BCUT2D eigenvalue weighted by molar-refractivity contribution is 0.198. The lowest BCUT2D eigenvalue weighted by Crippen LogP contribution is -2.38. The van der Waals surface area contributed by atoms with Crippen LogP contribution in [0, 0.1) is 11.3 Å². The zero-order chi connectivity index (χ0) is 14.0. The van der Waals surface area contributed by atoms with E-state index in [1.54, 1.807) is 0 Å². The fraction of sp³-hybridized carbons (Fsp3) is 0.647. The number of nitrogens with zero attached hydrogens (tertiary/aromatic N) is 1. The number of piperidine rings is 1. The van der Waals surface area contributed by atoms with Gasteiger partial charge in [-0.2, -0.15) is 0 Å². The standard InChI is InChI=1S/C17H27NO/c1-13(19)14-5-7-16(8-6-14)18-11-9-15(10-12-18)17(2,3)4/h5-8,13,15,19H,9-12H2,1-4H3/t13-/m0/s1. The molecule has 1 aliphatic heterocycles. The molecule has 1 fully saturated rings. The predicted molar refractivity (Wildman–Crippen MR) is 81.5 cm³/mol. The highest BCUT2D eigenvalue weighted by Gasteiger charge is 2.28. The Morgan fingerprint density at radius 3 is 2.05 bits per heavy atom. The minimum absolute atomic E-state index is 0.374. The Morgan fingerprint density at radius 2 is 1.63 bits per heavy atom. The first kappa shape index (κ1) is 14.4. The van der Waals surface area contributed by atoms with E-state index in [1.165, 1.54) is 18.5 Å². The lowest BCUT2D eigenvalue weighted by atomic mass is 9.75. The molecule has 2 heteroatoms. The lowest BCUT2D eigenvalue weighted by Gasteiger charge is -2.39. The third-order valence-electron chi connectivity index (χ3n) is 4.46. The van der Waals surface area contributed by atoms with Gasteiger partial charge in [0.15, 0.2) is 0 Å². The second-order valence-electron chi connectivity index (χ2n) is 6.89. The summed E-state index contributed by atoms with van der Waals surface area (Å²) >= 11 is 0. The molecule has 2 nitrogen and oxygen atoms in total. The van der Waals surface area contributed by atoms with Crippen molar-refractivity contribution in [2.45, 2.75) is 46.6 Å². The molecule has 0 spiro atoms.